The predicted octanol–water partition coefficient (Wildman–Crippen LogP) is 1.98. The number of carbonyl (C=O) groups excluding carboxylic acids is 1. The Morgan fingerprint density at radius 2 is 2.29 bits per heavy atom. The molecule has 0 aliphatic rings. The molecule has 0 aromatic heterocycles. The normalized spacial score (nSPS) is 12.0. The molecule has 0 fully saturated rings. The van der Waals surface area contributed by atoms with Crippen molar-refractivity contribution >= 4 is 21.8 Å². The van der Waals surface area contributed by atoms with Crippen LogP contribution in [0.5, 0.6) is 5.75 Å². The lowest BCUT2D eigenvalue weighted by Gasteiger charge is -2.14. The number of hydrogen-bond donors (Lipinski definition) is 2. The maximum absolute atomic E-state index is 11.3. The average molecular weight is 301 g/mol. The molecule has 0 bridgehead atoms. The Balaban J connectivity index is 2.73. The first-order chi connectivity index (χ1) is 8.04. The van der Waals surface area contributed by atoms with E-state index in [1.165, 1.54) is 0 Å². The van der Waals surface area contributed by atoms with Gasteiger partial charge in [0.25, 0.3) is 5.91 Å². The van der Waals surface area contributed by atoms with Crippen molar-refractivity contribution < 1.29 is 9.53 Å². The summed E-state index contributed by atoms with van der Waals surface area (Å²) >= 11 is 3.38. The molecule has 0 aliphatic carbocycles. The molecule has 0 spiro atoms. The third-order valence-corrected chi connectivity index (χ3v) is 2.69. The van der Waals surface area contributed by atoms with E-state index < -0.39 is 0 Å². The van der Waals surface area contributed by atoms with E-state index in [0.717, 1.165) is 10.0 Å². The Hall–Kier alpha value is -1.07. The van der Waals surface area contributed by atoms with Gasteiger partial charge in [-0.15, -0.1) is 0 Å². The van der Waals surface area contributed by atoms with E-state index in [1.54, 1.807) is 0 Å². The summed E-state index contributed by atoms with van der Waals surface area (Å²) in [6.45, 7) is 4.35. The number of nitrogens with one attached hydrogen (secondary N) is 1. The van der Waals surface area contributed by atoms with Crippen LogP contribution in [0.3, 0.4) is 0 Å². The zero-order valence-corrected chi connectivity index (χ0v) is 11.6. The van der Waals surface area contributed by atoms with Crippen LogP contribution in [0.25, 0.3) is 0 Å². The Bertz CT molecular complexity index is 394. The van der Waals surface area contributed by atoms with Crippen LogP contribution < -0.4 is 15.8 Å². The first-order valence-corrected chi connectivity index (χ1v) is 6.28. The summed E-state index contributed by atoms with van der Waals surface area (Å²) < 4.78 is 6.39. The van der Waals surface area contributed by atoms with Crippen LogP contribution in [0.4, 0.5) is 0 Å². The highest BCUT2D eigenvalue weighted by atomic mass is 79.9. The van der Waals surface area contributed by atoms with E-state index in [1.807, 2.05) is 32.0 Å². The van der Waals surface area contributed by atoms with Gasteiger partial charge in [0.05, 0.1) is 0 Å². The van der Waals surface area contributed by atoms with Crippen LogP contribution in [-0.2, 0) is 4.79 Å². The van der Waals surface area contributed by atoms with Crippen LogP contribution in [0.15, 0.2) is 22.7 Å². The molecule has 4 nitrogen and oxygen atoms in total. The summed E-state index contributed by atoms with van der Waals surface area (Å²) in [6.07, 6.45) is 0. The van der Waals surface area contributed by atoms with Crippen molar-refractivity contribution in [1.29, 1.82) is 0 Å². The smallest absolute Gasteiger partial charge is 0.257 e. The second-order valence-electron chi connectivity index (χ2n) is 3.71. The molecular formula is C12H17BrN2O2. The van der Waals surface area contributed by atoms with Crippen molar-refractivity contribution in [3.8, 4) is 5.75 Å². The van der Waals surface area contributed by atoms with Gasteiger partial charge in [-0.1, -0.05) is 15.9 Å². The topological polar surface area (TPSA) is 64.3 Å². The Morgan fingerprint density at radius 3 is 2.88 bits per heavy atom. The lowest BCUT2D eigenvalue weighted by atomic mass is 10.1. The summed E-state index contributed by atoms with van der Waals surface area (Å²) in [5, 5.41) is 2.67. The van der Waals surface area contributed by atoms with Crippen molar-refractivity contribution in [2.75, 3.05) is 13.2 Å². The van der Waals surface area contributed by atoms with Crippen LogP contribution in [0, 0.1) is 0 Å². The molecule has 94 valence electrons. The number of halogens is 1. The lowest BCUT2D eigenvalue weighted by molar-refractivity contribution is -0.123. The molecule has 1 rings (SSSR count). The molecule has 1 unspecified atom stereocenters. The molecule has 0 saturated heterocycles. The van der Waals surface area contributed by atoms with E-state index in [4.69, 9.17) is 10.5 Å². The first kappa shape index (κ1) is 14.0. The largest absolute Gasteiger partial charge is 0.483 e. The number of ether oxygens (including phenoxy) is 1. The van der Waals surface area contributed by atoms with E-state index in [9.17, 15) is 4.79 Å². The maximum Gasteiger partial charge on any atom is 0.257 e. The Morgan fingerprint density at radius 1 is 1.59 bits per heavy atom. The minimum absolute atomic E-state index is 0.00912. The van der Waals surface area contributed by atoms with Crippen LogP contribution in [0.2, 0.25) is 0 Å². The van der Waals surface area contributed by atoms with Crippen LogP contribution in [0.1, 0.15) is 25.5 Å². The molecule has 1 aromatic rings. The van der Waals surface area contributed by atoms with E-state index in [-0.39, 0.29) is 18.6 Å². The van der Waals surface area contributed by atoms with Gasteiger partial charge in [0.1, 0.15) is 5.75 Å². The quantitative estimate of drug-likeness (QED) is 0.874. The zero-order valence-electron chi connectivity index (χ0n) is 10.00. The summed E-state index contributed by atoms with van der Waals surface area (Å²) in [5.74, 6) is 0.514. The van der Waals surface area contributed by atoms with Crippen molar-refractivity contribution in [3.63, 3.8) is 0 Å². The molecule has 17 heavy (non-hydrogen) atoms. The predicted molar refractivity (Wildman–Crippen MR) is 70.9 cm³/mol. The number of likely N-dealkylation sites (N-methyl/N-ethyl adjacent to an activating group) is 1. The molecule has 0 saturated carbocycles. The van der Waals surface area contributed by atoms with Crippen molar-refractivity contribution in [2.45, 2.75) is 19.9 Å². The van der Waals surface area contributed by atoms with Crippen molar-refractivity contribution in [3.05, 3.63) is 28.2 Å². The molecule has 0 heterocycles. The van der Waals surface area contributed by atoms with Gasteiger partial charge < -0.3 is 15.8 Å². The van der Waals surface area contributed by atoms with Crippen molar-refractivity contribution in [1.82, 2.24) is 5.32 Å². The number of amides is 1. The fourth-order valence-electron chi connectivity index (χ4n) is 1.40. The van der Waals surface area contributed by atoms with Gasteiger partial charge in [0, 0.05) is 22.6 Å². The van der Waals surface area contributed by atoms with Gasteiger partial charge in [-0.3, -0.25) is 4.79 Å². The molecule has 0 radical (unpaired) electrons. The number of hydrogen-bond acceptors (Lipinski definition) is 3. The summed E-state index contributed by atoms with van der Waals surface area (Å²) in [4.78, 5) is 11.3. The monoisotopic (exact) mass is 300 g/mol. The van der Waals surface area contributed by atoms with Crippen molar-refractivity contribution in [2.24, 2.45) is 5.73 Å². The van der Waals surface area contributed by atoms with Gasteiger partial charge in [-0.05, 0) is 32.0 Å². The highest BCUT2D eigenvalue weighted by Gasteiger charge is 2.10. The summed E-state index contributed by atoms with van der Waals surface area (Å²) in [5.41, 5.74) is 6.73. The third kappa shape index (κ3) is 4.36. The van der Waals surface area contributed by atoms with E-state index in [0.29, 0.717) is 12.3 Å². The first-order valence-electron chi connectivity index (χ1n) is 5.49. The SMILES string of the molecule is CCNC(=O)COc1ccc(Br)cc1C(C)N. The Kier molecular flexibility index (Phi) is 5.44. The van der Waals surface area contributed by atoms with Gasteiger partial charge in [-0.2, -0.15) is 0 Å². The summed E-state index contributed by atoms with van der Waals surface area (Å²) in [7, 11) is 0. The molecule has 1 aromatic carbocycles. The molecule has 3 N–H and O–H groups in total. The molecule has 0 aliphatic heterocycles. The van der Waals surface area contributed by atoms with Gasteiger partial charge in [0.2, 0.25) is 0 Å². The minimum Gasteiger partial charge on any atom is -0.483 e. The summed E-state index contributed by atoms with van der Waals surface area (Å²) in [6, 6.07) is 5.43. The average Bonchev–Trinajstić information content (AvgIpc) is 2.27. The standard InChI is InChI=1S/C12H17BrN2O2/c1-3-15-12(16)7-17-11-5-4-9(13)6-10(11)8(2)14/h4-6,8H,3,7,14H2,1-2H3,(H,15,16). The number of carbonyl (C=O) groups is 1. The second kappa shape index (κ2) is 6.61. The van der Waals surface area contributed by atoms with Crippen LogP contribution >= 0.6 is 15.9 Å². The molecule has 1 atom stereocenters. The van der Waals surface area contributed by atoms with Gasteiger partial charge >= 0.3 is 0 Å². The lowest BCUT2D eigenvalue weighted by Crippen LogP contribution is -2.28. The molecule has 5 heteroatoms. The number of rotatable bonds is 5. The fourth-order valence-corrected chi connectivity index (χ4v) is 1.78. The maximum atomic E-state index is 11.3. The van der Waals surface area contributed by atoms with Gasteiger partial charge in [0.15, 0.2) is 6.61 Å². The molecule has 1 amide bonds. The highest BCUT2D eigenvalue weighted by molar-refractivity contribution is 9.10. The Labute approximate surface area is 110 Å². The number of benzene rings is 1. The highest BCUT2D eigenvalue weighted by Crippen LogP contribution is 2.27. The molecular weight excluding hydrogens is 284 g/mol. The minimum atomic E-state index is -0.142. The second-order valence-corrected chi connectivity index (χ2v) is 4.63. The fraction of sp³-hybridized carbons (Fsp3) is 0.417. The van der Waals surface area contributed by atoms with Crippen LogP contribution in [-0.4, -0.2) is 19.1 Å². The van der Waals surface area contributed by atoms with E-state index >= 15 is 0 Å². The zero-order chi connectivity index (χ0) is 12.8. The number of nitrogens with two attached hydrogens (primary N) is 1. The van der Waals surface area contributed by atoms with Gasteiger partial charge in [-0.25, -0.2) is 0 Å². The van der Waals surface area contributed by atoms with E-state index in [2.05, 4.69) is 21.2 Å². The third-order valence-electron chi connectivity index (χ3n) is 2.20.